The maximum Gasteiger partial charge on any atom is 0.257 e. The highest BCUT2D eigenvalue weighted by atomic mass is 16.3. The Morgan fingerprint density at radius 1 is 1.20 bits per heavy atom. The molecule has 4 heteroatoms. The summed E-state index contributed by atoms with van der Waals surface area (Å²) in [7, 11) is 0. The highest BCUT2D eigenvalue weighted by molar-refractivity contribution is 6.04. The molecular weight excluding hydrogens is 192 g/mol. The van der Waals surface area contributed by atoms with E-state index in [1.807, 2.05) is 0 Å². The quantitative estimate of drug-likeness (QED) is 0.652. The van der Waals surface area contributed by atoms with Gasteiger partial charge in [-0.25, -0.2) is 0 Å². The van der Waals surface area contributed by atoms with Crippen LogP contribution in [-0.4, -0.2) is 16.0 Å². The van der Waals surface area contributed by atoms with Gasteiger partial charge in [0.25, 0.3) is 5.91 Å². The van der Waals surface area contributed by atoms with E-state index < -0.39 is 0 Å². The number of carbonyl (C=O) groups is 1. The highest BCUT2D eigenvalue weighted by Gasteiger charge is 2.05. The molecule has 0 saturated heterocycles. The smallest absolute Gasteiger partial charge is 0.257 e. The molecule has 76 valence electrons. The van der Waals surface area contributed by atoms with E-state index in [9.17, 15) is 4.79 Å². The van der Waals surface area contributed by atoms with E-state index in [0.717, 1.165) is 0 Å². The number of carbonyl (C=O) groups excluding carboxylic acids is 1. The van der Waals surface area contributed by atoms with Crippen LogP contribution in [0.1, 0.15) is 10.4 Å². The van der Waals surface area contributed by atoms with Gasteiger partial charge in [0.2, 0.25) is 0 Å². The largest absolute Gasteiger partial charge is 0.508 e. The molecule has 0 aliphatic rings. The number of aromatic hydroxyl groups is 1. The molecule has 0 spiro atoms. The summed E-state index contributed by atoms with van der Waals surface area (Å²) in [5.41, 5.74) is 1.22. The number of phenols is 1. The van der Waals surface area contributed by atoms with Gasteiger partial charge in [-0.3, -0.25) is 4.79 Å². The van der Waals surface area contributed by atoms with Crippen LogP contribution < -0.4 is 5.32 Å². The molecule has 1 aromatic carbocycles. The van der Waals surface area contributed by atoms with Crippen LogP contribution in [0, 0.1) is 0 Å². The number of nitrogens with one attached hydrogen (secondary N) is 2. The summed E-state index contributed by atoms with van der Waals surface area (Å²) >= 11 is 0. The Morgan fingerprint density at radius 2 is 1.93 bits per heavy atom. The molecule has 2 rings (SSSR count). The van der Waals surface area contributed by atoms with Crippen LogP contribution in [0.5, 0.6) is 5.75 Å². The van der Waals surface area contributed by atoms with Gasteiger partial charge in [-0.2, -0.15) is 0 Å². The van der Waals surface area contributed by atoms with Crippen molar-refractivity contribution in [1.82, 2.24) is 4.98 Å². The second kappa shape index (κ2) is 3.88. The van der Waals surface area contributed by atoms with Crippen molar-refractivity contribution in [2.24, 2.45) is 0 Å². The predicted octanol–water partition coefficient (Wildman–Crippen LogP) is 1.97. The summed E-state index contributed by atoms with van der Waals surface area (Å²) in [5, 5.41) is 11.8. The zero-order valence-corrected chi connectivity index (χ0v) is 7.90. The number of rotatable bonds is 2. The molecule has 1 amide bonds. The second-order valence-corrected chi connectivity index (χ2v) is 3.10. The molecule has 4 nitrogen and oxygen atoms in total. The van der Waals surface area contributed by atoms with Crippen LogP contribution in [0.2, 0.25) is 0 Å². The van der Waals surface area contributed by atoms with Crippen molar-refractivity contribution in [3.05, 3.63) is 48.3 Å². The monoisotopic (exact) mass is 202 g/mol. The fourth-order valence-corrected chi connectivity index (χ4v) is 1.21. The van der Waals surface area contributed by atoms with Crippen molar-refractivity contribution < 1.29 is 9.90 Å². The zero-order chi connectivity index (χ0) is 10.7. The topological polar surface area (TPSA) is 65.1 Å². The van der Waals surface area contributed by atoms with E-state index in [4.69, 9.17) is 5.11 Å². The summed E-state index contributed by atoms with van der Waals surface area (Å²) in [5.74, 6) is -0.00316. The summed E-state index contributed by atoms with van der Waals surface area (Å²) in [4.78, 5) is 14.4. The van der Waals surface area contributed by atoms with Gasteiger partial charge in [0, 0.05) is 18.1 Å². The zero-order valence-electron chi connectivity index (χ0n) is 7.90. The Labute approximate surface area is 86.6 Å². The third-order valence-electron chi connectivity index (χ3n) is 1.99. The molecular formula is C11H10N2O2. The van der Waals surface area contributed by atoms with E-state index in [0.29, 0.717) is 11.3 Å². The maximum absolute atomic E-state index is 11.6. The molecule has 15 heavy (non-hydrogen) atoms. The molecule has 0 unspecified atom stereocenters. The van der Waals surface area contributed by atoms with Crippen molar-refractivity contribution in [3.63, 3.8) is 0 Å². The molecule has 0 radical (unpaired) electrons. The normalized spacial score (nSPS) is 9.87. The fourth-order valence-electron chi connectivity index (χ4n) is 1.21. The lowest BCUT2D eigenvalue weighted by molar-refractivity contribution is 0.102. The standard InChI is InChI=1S/C11H10N2O2/c14-10-3-1-9(2-4-10)13-11(15)8-5-6-12-7-8/h1-7,12,14H,(H,13,15). The molecule has 0 atom stereocenters. The lowest BCUT2D eigenvalue weighted by Crippen LogP contribution is -2.10. The lowest BCUT2D eigenvalue weighted by Gasteiger charge is -2.03. The first-order valence-corrected chi connectivity index (χ1v) is 4.49. The highest BCUT2D eigenvalue weighted by Crippen LogP contribution is 2.14. The van der Waals surface area contributed by atoms with Gasteiger partial charge >= 0.3 is 0 Å². The minimum Gasteiger partial charge on any atom is -0.508 e. The number of aromatic amines is 1. The van der Waals surface area contributed by atoms with E-state index in [1.165, 1.54) is 12.1 Å². The number of phenolic OH excluding ortho intramolecular Hbond substituents is 1. The van der Waals surface area contributed by atoms with Crippen LogP contribution in [0.25, 0.3) is 0 Å². The third kappa shape index (κ3) is 2.17. The van der Waals surface area contributed by atoms with E-state index >= 15 is 0 Å². The first-order valence-electron chi connectivity index (χ1n) is 4.49. The van der Waals surface area contributed by atoms with Crippen molar-refractivity contribution >= 4 is 11.6 Å². The maximum atomic E-state index is 11.6. The molecule has 1 aromatic heterocycles. The molecule has 0 fully saturated rings. The van der Waals surface area contributed by atoms with Crippen molar-refractivity contribution in [2.45, 2.75) is 0 Å². The molecule has 1 heterocycles. The average molecular weight is 202 g/mol. The number of anilines is 1. The number of hydrogen-bond acceptors (Lipinski definition) is 2. The van der Waals surface area contributed by atoms with Gasteiger partial charge in [0.15, 0.2) is 0 Å². The third-order valence-corrected chi connectivity index (χ3v) is 1.99. The van der Waals surface area contributed by atoms with Gasteiger partial charge in [0.05, 0.1) is 5.56 Å². The summed E-state index contributed by atoms with van der Waals surface area (Å²) < 4.78 is 0. The van der Waals surface area contributed by atoms with Crippen molar-refractivity contribution in [1.29, 1.82) is 0 Å². The number of amides is 1. The second-order valence-electron chi connectivity index (χ2n) is 3.10. The fraction of sp³-hybridized carbons (Fsp3) is 0. The van der Waals surface area contributed by atoms with Gasteiger partial charge in [0.1, 0.15) is 5.75 Å². The summed E-state index contributed by atoms with van der Waals surface area (Å²) in [6.07, 6.45) is 3.31. The van der Waals surface area contributed by atoms with E-state index in [1.54, 1.807) is 30.6 Å². The van der Waals surface area contributed by atoms with Crippen molar-refractivity contribution in [3.8, 4) is 5.75 Å². The Hall–Kier alpha value is -2.23. The van der Waals surface area contributed by atoms with Crippen LogP contribution in [0.4, 0.5) is 5.69 Å². The first kappa shape index (κ1) is 9.33. The van der Waals surface area contributed by atoms with Crippen LogP contribution >= 0.6 is 0 Å². The minimum atomic E-state index is -0.179. The number of hydrogen-bond donors (Lipinski definition) is 3. The minimum absolute atomic E-state index is 0.176. The Kier molecular flexibility index (Phi) is 2.41. The molecule has 0 saturated carbocycles. The molecule has 3 N–H and O–H groups in total. The Bertz CT molecular complexity index is 446. The van der Waals surface area contributed by atoms with Crippen LogP contribution in [-0.2, 0) is 0 Å². The van der Waals surface area contributed by atoms with Crippen LogP contribution in [0.15, 0.2) is 42.7 Å². The lowest BCUT2D eigenvalue weighted by atomic mass is 10.2. The van der Waals surface area contributed by atoms with E-state index in [2.05, 4.69) is 10.3 Å². The van der Waals surface area contributed by atoms with Gasteiger partial charge in [-0.1, -0.05) is 0 Å². The number of H-pyrrole nitrogens is 1. The van der Waals surface area contributed by atoms with E-state index in [-0.39, 0.29) is 11.7 Å². The van der Waals surface area contributed by atoms with Crippen LogP contribution in [0.3, 0.4) is 0 Å². The first-order chi connectivity index (χ1) is 7.25. The number of aromatic nitrogens is 1. The number of benzene rings is 1. The molecule has 0 aliphatic heterocycles. The van der Waals surface area contributed by atoms with Gasteiger partial charge in [-0.15, -0.1) is 0 Å². The predicted molar refractivity (Wildman–Crippen MR) is 56.9 cm³/mol. The Morgan fingerprint density at radius 3 is 2.53 bits per heavy atom. The SMILES string of the molecule is O=C(Nc1ccc(O)cc1)c1cc[nH]c1. The summed E-state index contributed by atoms with van der Waals surface area (Å²) in [6.45, 7) is 0. The molecule has 0 aliphatic carbocycles. The molecule has 2 aromatic rings. The average Bonchev–Trinajstić information content (AvgIpc) is 2.74. The summed E-state index contributed by atoms with van der Waals surface area (Å²) in [6, 6.07) is 8.01. The van der Waals surface area contributed by atoms with Gasteiger partial charge in [-0.05, 0) is 30.3 Å². The van der Waals surface area contributed by atoms with Gasteiger partial charge < -0.3 is 15.4 Å². The van der Waals surface area contributed by atoms with Crippen molar-refractivity contribution in [2.75, 3.05) is 5.32 Å². The Balaban J connectivity index is 2.09. The molecule has 0 bridgehead atoms.